The average molecular weight is 712 g/mol. The minimum atomic E-state index is -0.382. The molecule has 0 saturated carbocycles. The van der Waals surface area contributed by atoms with Gasteiger partial charge in [-0.05, 0) is 98.0 Å². The predicted octanol–water partition coefficient (Wildman–Crippen LogP) is 13.1. The van der Waals surface area contributed by atoms with E-state index in [4.69, 9.17) is 9.97 Å². The lowest BCUT2D eigenvalue weighted by molar-refractivity contribution is 0.715. The van der Waals surface area contributed by atoms with Gasteiger partial charge in [0.25, 0.3) is 0 Å². The van der Waals surface area contributed by atoms with E-state index < -0.39 is 0 Å². The molecule has 8 aromatic carbocycles. The van der Waals surface area contributed by atoms with Crippen LogP contribution in [0.25, 0.3) is 88.5 Å². The van der Waals surface area contributed by atoms with E-state index in [-0.39, 0.29) is 5.41 Å². The number of fused-ring (bicyclic) bond motifs is 11. The van der Waals surface area contributed by atoms with Gasteiger partial charge in [-0.15, -0.1) is 0 Å². The van der Waals surface area contributed by atoms with Crippen molar-refractivity contribution in [3.05, 3.63) is 204 Å². The third-order valence-corrected chi connectivity index (χ3v) is 12.9. The Morgan fingerprint density at radius 2 is 1.27 bits per heavy atom. The molecule has 56 heavy (non-hydrogen) atoms. The molecule has 3 nitrogen and oxygen atoms in total. The fourth-order valence-electron chi connectivity index (χ4n) is 10.7. The number of allylic oxidation sites excluding steroid dienone is 4. The van der Waals surface area contributed by atoms with Gasteiger partial charge in [0, 0.05) is 27.3 Å². The second-order valence-corrected chi connectivity index (χ2v) is 15.5. The number of aromatic nitrogens is 3. The molecule has 0 bridgehead atoms. The zero-order valence-corrected chi connectivity index (χ0v) is 30.5. The number of hydrogen-bond acceptors (Lipinski definition) is 2. The average Bonchev–Trinajstić information content (AvgIpc) is 3.88. The lowest BCUT2D eigenvalue weighted by Crippen LogP contribution is -2.27. The largest absolute Gasteiger partial charge is 0.277 e. The molecule has 13 rings (SSSR count). The van der Waals surface area contributed by atoms with Crippen molar-refractivity contribution in [2.45, 2.75) is 18.3 Å². The Balaban J connectivity index is 1.21. The molecule has 1 atom stereocenters. The van der Waals surface area contributed by atoms with E-state index in [0.717, 1.165) is 46.1 Å². The van der Waals surface area contributed by atoms with Crippen LogP contribution in [0.15, 0.2) is 182 Å². The predicted molar refractivity (Wildman–Crippen MR) is 230 cm³/mol. The van der Waals surface area contributed by atoms with Gasteiger partial charge >= 0.3 is 0 Å². The van der Waals surface area contributed by atoms with Gasteiger partial charge < -0.3 is 0 Å². The molecule has 3 heteroatoms. The molecule has 3 aliphatic carbocycles. The normalized spacial score (nSPS) is 16.7. The van der Waals surface area contributed by atoms with Crippen molar-refractivity contribution in [1.82, 2.24) is 14.5 Å². The zero-order chi connectivity index (χ0) is 36.5. The van der Waals surface area contributed by atoms with Gasteiger partial charge in [0.05, 0.1) is 27.7 Å². The first-order chi connectivity index (χ1) is 27.8. The number of benzene rings is 8. The first-order valence-corrected chi connectivity index (χ1v) is 19.6. The second-order valence-electron chi connectivity index (χ2n) is 15.5. The van der Waals surface area contributed by atoms with Crippen molar-refractivity contribution in [1.29, 1.82) is 0 Å². The molecule has 10 aromatic rings. The first-order valence-electron chi connectivity index (χ1n) is 19.6. The second kappa shape index (κ2) is 11.0. The maximum absolute atomic E-state index is 5.58. The third-order valence-electron chi connectivity index (χ3n) is 12.9. The van der Waals surface area contributed by atoms with Crippen molar-refractivity contribution >= 4 is 49.1 Å². The molecular formula is C53H33N3. The summed E-state index contributed by atoms with van der Waals surface area (Å²) in [6, 6.07) is 60.0. The van der Waals surface area contributed by atoms with Crippen molar-refractivity contribution in [2.75, 3.05) is 0 Å². The molecule has 0 fully saturated rings. The first kappa shape index (κ1) is 30.3. The molecule has 0 N–H and O–H groups in total. The molecule has 2 heterocycles. The zero-order valence-electron chi connectivity index (χ0n) is 30.5. The molecule has 0 saturated heterocycles. The van der Waals surface area contributed by atoms with E-state index in [1.165, 1.54) is 77.2 Å². The summed E-state index contributed by atoms with van der Waals surface area (Å²) in [6.07, 6.45) is 6.82. The van der Waals surface area contributed by atoms with Gasteiger partial charge in [-0.2, -0.15) is 0 Å². The summed E-state index contributed by atoms with van der Waals surface area (Å²) < 4.78 is 2.40. The summed E-state index contributed by atoms with van der Waals surface area (Å²) in [6.45, 7) is 0. The minimum absolute atomic E-state index is 0.382. The molecule has 0 radical (unpaired) electrons. The van der Waals surface area contributed by atoms with E-state index >= 15 is 0 Å². The van der Waals surface area contributed by atoms with Gasteiger partial charge in [-0.3, -0.25) is 4.57 Å². The Bertz CT molecular complexity index is 3350. The molecular weight excluding hydrogens is 679 g/mol. The van der Waals surface area contributed by atoms with Crippen LogP contribution < -0.4 is 0 Å². The van der Waals surface area contributed by atoms with E-state index in [1.807, 2.05) is 0 Å². The van der Waals surface area contributed by atoms with Crippen LogP contribution >= 0.6 is 0 Å². The SMILES string of the molecule is C1=CC2=C(CC1)C1(c3ccccc32)c2ccccc2-c2c1cc1ccc3cccc4c3c1c2n4-c1nc(-c2ccccc2)c2ccc(-c3ccccc3)cc2n1. The van der Waals surface area contributed by atoms with Gasteiger partial charge in [-0.25, -0.2) is 9.97 Å². The summed E-state index contributed by atoms with van der Waals surface area (Å²) in [5, 5.41) is 6.05. The lowest BCUT2D eigenvalue weighted by Gasteiger charge is -2.33. The Morgan fingerprint density at radius 3 is 2.11 bits per heavy atom. The van der Waals surface area contributed by atoms with E-state index in [2.05, 4.69) is 181 Å². The summed E-state index contributed by atoms with van der Waals surface area (Å²) >= 11 is 0. The number of hydrogen-bond donors (Lipinski definition) is 0. The number of nitrogens with zero attached hydrogens (tertiary/aromatic N) is 3. The number of rotatable bonds is 3. The topological polar surface area (TPSA) is 30.7 Å². The van der Waals surface area contributed by atoms with Crippen molar-refractivity contribution in [2.24, 2.45) is 0 Å². The standard InChI is InChI=1S/C53H33N3/c1-3-14-32(15-4-1)35-28-29-40-45(31-35)54-52(55-50(40)34-16-5-2-6-17-34)56-46-25-13-18-33-26-27-36-30-44-49(51(56)48(36)47(33)46)39-21-9-12-24-43(39)53(44)41-22-10-7-19-37(41)38-20-8-11-23-42(38)53/h1-10,12-22,24-31H,11,23H2. The highest BCUT2D eigenvalue weighted by molar-refractivity contribution is 6.28. The van der Waals surface area contributed by atoms with Crippen LogP contribution in [-0.4, -0.2) is 14.5 Å². The quantitative estimate of drug-likeness (QED) is 0.171. The van der Waals surface area contributed by atoms with E-state index in [9.17, 15) is 0 Å². The Labute approximate surface area is 323 Å². The summed E-state index contributed by atoms with van der Waals surface area (Å²) in [4.78, 5) is 11.1. The van der Waals surface area contributed by atoms with Crippen LogP contribution in [0.4, 0.5) is 0 Å². The van der Waals surface area contributed by atoms with Crippen LogP contribution in [0.5, 0.6) is 0 Å². The molecule has 260 valence electrons. The fraction of sp³-hybridized carbons (Fsp3) is 0.0566. The monoisotopic (exact) mass is 711 g/mol. The van der Waals surface area contributed by atoms with Crippen LogP contribution in [0.1, 0.15) is 35.1 Å². The van der Waals surface area contributed by atoms with Gasteiger partial charge in [0.1, 0.15) is 0 Å². The van der Waals surface area contributed by atoms with Gasteiger partial charge in [0.15, 0.2) is 0 Å². The van der Waals surface area contributed by atoms with Crippen LogP contribution in [0.2, 0.25) is 0 Å². The molecule has 1 unspecified atom stereocenters. The summed E-state index contributed by atoms with van der Waals surface area (Å²) in [5.41, 5.74) is 18.1. The molecule has 0 amide bonds. The Kier molecular flexibility index (Phi) is 5.94. The highest BCUT2D eigenvalue weighted by atomic mass is 15.2. The molecule has 0 aliphatic heterocycles. The van der Waals surface area contributed by atoms with Crippen molar-refractivity contribution in [3.8, 4) is 39.5 Å². The van der Waals surface area contributed by atoms with Crippen molar-refractivity contribution < 1.29 is 0 Å². The lowest BCUT2D eigenvalue weighted by atomic mass is 9.68. The van der Waals surface area contributed by atoms with E-state index in [0.29, 0.717) is 5.95 Å². The highest BCUT2D eigenvalue weighted by Crippen LogP contribution is 2.65. The van der Waals surface area contributed by atoms with E-state index in [1.54, 1.807) is 0 Å². The summed E-state index contributed by atoms with van der Waals surface area (Å²) in [7, 11) is 0. The smallest absolute Gasteiger partial charge is 0.235 e. The highest BCUT2D eigenvalue weighted by Gasteiger charge is 2.53. The summed E-state index contributed by atoms with van der Waals surface area (Å²) in [5.74, 6) is 0.686. The third kappa shape index (κ3) is 3.77. The van der Waals surface area contributed by atoms with Crippen molar-refractivity contribution in [3.63, 3.8) is 0 Å². The maximum Gasteiger partial charge on any atom is 0.235 e. The Morgan fingerprint density at radius 1 is 0.536 bits per heavy atom. The van der Waals surface area contributed by atoms with Crippen LogP contribution in [0.3, 0.4) is 0 Å². The van der Waals surface area contributed by atoms with Crippen LogP contribution in [0, 0.1) is 0 Å². The molecule has 1 spiro atoms. The minimum Gasteiger partial charge on any atom is -0.277 e. The molecule has 3 aliphatic rings. The maximum atomic E-state index is 5.58. The molecule has 2 aromatic heterocycles. The van der Waals surface area contributed by atoms with Crippen LogP contribution in [-0.2, 0) is 5.41 Å². The fourth-order valence-corrected chi connectivity index (χ4v) is 10.7. The van der Waals surface area contributed by atoms with Gasteiger partial charge in [-0.1, -0.05) is 152 Å². The van der Waals surface area contributed by atoms with Gasteiger partial charge in [0.2, 0.25) is 5.95 Å². The Hall–Kier alpha value is -7.10.